The van der Waals surface area contributed by atoms with E-state index in [0.717, 1.165) is 50.6 Å². The molecule has 4 rings (SSSR count). The number of amides is 1. The smallest absolute Gasteiger partial charge is 0.407 e. The fourth-order valence-electron chi connectivity index (χ4n) is 4.53. The summed E-state index contributed by atoms with van der Waals surface area (Å²) < 4.78 is 40.1. The molecule has 0 radical (unpaired) electrons. The molecule has 1 unspecified atom stereocenters. The first-order chi connectivity index (χ1) is 17.2. The molecule has 2 fully saturated rings. The molecule has 1 amide bonds. The number of hydrogen-bond donors (Lipinski definition) is 2. The van der Waals surface area contributed by atoms with Gasteiger partial charge in [0, 0.05) is 18.7 Å². The molecule has 2 aromatic rings. The Bertz CT molecular complexity index is 1060. The van der Waals surface area contributed by atoms with E-state index in [-0.39, 0.29) is 17.3 Å². The van der Waals surface area contributed by atoms with Gasteiger partial charge in [0.1, 0.15) is 22.9 Å². The summed E-state index contributed by atoms with van der Waals surface area (Å²) in [6.07, 6.45) is 4.79. The van der Waals surface area contributed by atoms with Crippen molar-refractivity contribution in [2.75, 3.05) is 37.7 Å². The van der Waals surface area contributed by atoms with Gasteiger partial charge in [-0.25, -0.2) is 23.5 Å². The van der Waals surface area contributed by atoms with Gasteiger partial charge in [-0.1, -0.05) is 0 Å². The molecule has 3 heterocycles. The number of carbonyl (C=O) groups is 1. The Labute approximate surface area is 210 Å². The lowest BCUT2D eigenvalue weighted by Gasteiger charge is -2.23. The summed E-state index contributed by atoms with van der Waals surface area (Å²) in [6.45, 7) is 8.95. The highest BCUT2D eigenvalue weighted by Crippen LogP contribution is 2.33. The van der Waals surface area contributed by atoms with Crippen LogP contribution < -0.4 is 20.3 Å². The van der Waals surface area contributed by atoms with Crippen molar-refractivity contribution in [1.29, 1.82) is 0 Å². The maximum Gasteiger partial charge on any atom is 0.407 e. The number of piperidine rings is 1. The predicted octanol–water partition coefficient (Wildman–Crippen LogP) is 4.29. The van der Waals surface area contributed by atoms with E-state index >= 15 is 0 Å². The Hall–Kier alpha value is -3.01. The lowest BCUT2D eigenvalue weighted by molar-refractivity contribution is 0.0509. The third-order valence-corrected chi connectivity index (χ3v) is 6.36. The lowest BCUT2D eigenvalue weighted by Crippen LogP contribution is -2.40. The summed E-state index contributed by atoms with van der Waals surface area (Å²) >= 11 is 0. The van der Waals surface area contributed by atoms with Gasteiger partial charge < -0.3 is 25.0 Å². The number of aromatic nitrogens is 2. The van der Waals surface area contributed by atoms with Gasteiger partial charge >= 0.3 is 6.09 Å². The summed E-state index contributed by atoms with van der Waals surface area (Å²) in [6, 6.07) is 3.14. The number of nitrogens with one attached hydrogen (secondary N) is 2. The molecule has 1 aromatic heterocycles. The van der Waals surface area contributed by atoms with E-state index in [9.17, 15) is 13.6 Å². The largest absolute Gasteiger partial charge is 0.490 e. The highest BCUT2D eigenvalue weighted by atomic mass is 19.1. The molecule has 2 aliphatic rings. The van der Waals surface area contributed by atoms with Crippen LogP contribution in [0.1, 0.15) is 46.5 Å². The van der Waals surface area contributed by atoms with Crippen molar-refractivity contribution in [2.45, 2.75) is 58.1 Å². The van der Waals surface area contributed by atoms with Crippen LogP contribution in [0.15, 0.2) is 24.4 Å². The molecule has 2 saturated heterocycles. The molecule has 0 saturated carbocycles. The Kier molecular flexibility index (Phi) is 8.23. The molecule has 2 N–H and O–H groups in total. The van der Waals surface area contributed by atoms with Crippen LogP contribution in [-0.2, 0) is 4.74 Å². The van der Waals surface area contributed by atoms with Crippen molar-refractivity contribution >= 4 is 12.0 Å². The molecule has 8 nitrogen and oxygen atoms in total. The van der Waals surface area contributed by atoms with Crippen molar-refractivity contribution in [3.63, 3.8) is 0 Å². The first-order valence-electron chi connectivity index (χ1n) is 12.6. The average molecular weight is 504 g/mol. The Balaban J connectivity index is 1.49. The molecule has 0 bridgehead atoms. The first-order valence-corrected chi connectivity index (χ1v) is 12.6. The van der Waals surface area contributed by atoms with Crippen LogP contribution in [0.4, 0.5) is 19.5 Å². The van der Waals surface area contributed by atoms with Crippen LogP contribution in [0.2, 0.25) is 0 Å². The van der Waals surface area contributed by atoms with E-state index < -0.39 is 23.3 Å². The van der Waals surface area contributed by atoms with Crippen molar-refractivity contribution in [3.05, 3.63) is 36.0 Å². The Morgan fingerprint density at radius 3 is 2.75 bits per heavy atom. The standard InChI is InChI=1S/C26H35F2N5O3/c1-26(2,3)36-25(34)31-19-8-12-33(16-19)24-30-15-22(35-13-9-17-6-10-29-11-7-17)23(32-24)20-14-18(27)4-5-21(20)28/h4-5,14-15,17,19,29H,6-13,16H2,1-3H3,(H,31,34). The summed E-state index contributed by atoms with van der Waals surface area (Å²) in [4.78, 5) is 23.1. The summed E-state index contributed by atoms with van der Waals surface area (Å²) in [7, 11) is 0. The maximum atomic E-state index is 14.7. The number of halogens is 2. The summed E-state index contributed by atoms with van der Waals surface area (Å²) in [5.74, 6) is 0.109. The average Bonchev–Trinajstić information content (AvgIpc) is 3.28. The van der Waals surface area contributed by atoms with Crippen LogP contribution in [0.25, 0.3) is 11.3 Å². The molecule has 10 heteroatoms. The summed E-state index contributed by atoms with van der Waals surface area (Å²) in [5, 5.41) is 6.22. The fraction of sp³-hybridized carbons (Fsp3) is 0.577. The van der Waals surface area contributed by atoms with Gasteiger partial charge in [-0.2, -0.15) is 0 Å². The van der Waals surface area contributed by atoms with Gasteiger partial charge in [-0.15, -0.1) is 0 Å². The molecule has 36 heavy (non-hydrogen) atoms. The molecule has 196 valence electrons. The van der Waals surface area contributed by atoms with Gasteiger partial charge in [0.05, 0.1) is 18.8 Å². The van der Waals surface area contributed by atoms with Crippen LogP contribution in [0, 0.1) is 17.6 Å². The van der Waals surface area contributed by atoms with E-state index in [1.54, 1.807) is 0 Å². The van der Waals surface area contributed by atoms with Gasteiger partial charge in [-0.3, -0.25) is 0 Å². The second kappa shape index (κ2) is 11.4. The molecular weight excluding hydrogens is 468 g/mol. The number of rotatable bonds is 7. The Morgan fingerprint density at radius 1 is 1.22 bits per heavy atom. The molecule has 1 atom stereocenters. The molecule has 2 aliphatic heterocycles. The predicted molar refractivity (Wildman–Crippen MR) is 133 cm³/mol. The molecule has 0 spiro atoms. The third-order valence-electron chi connectivity index (χ3n) is 6.36. The Morgan fingerprint density at radius 2 is 2.00 bits per heavy atom. The van der Waals surface area contributed by atoms with E-state index in [1.807, 2.05) is 25.7 Å². The van der Waals surface area contributed by atoms with Gasteiger partial charge in [0.25, 0.3) is 0 Å². The number of ether oxygens (including phenoxy) is 2. The van der Waals surface area contributed by atoms with Crippen molar-refractivity contribution in [3.8, 4) is 17.0 Å². The SMILES string of the molecule is CC(C)(C)OC(=O)NC1CCN(c2ncc(OCCC3CCNCC3)c(-c3cc(F)ccc3F)n2)C1. The van der Waals surface area contributed by atoms with Crippen LogP contribution >= 0.6 is 0 Å². The van der Waals surface area contributed by atoms with Crippen LogP contribution in [-0.4, -0.2) is 60.5 Å². The zero-order chi connectivity index (χ0) is 25.7. The van der Waals surface area contributed by atoms with E-state index in [0.29, 0.717) is 43.7 Å². The lowest BCUT2D eigenvalue weighted by atomic mass is 9.95. The van der Waals surface area contributed by atoms with E-state index in [1.165, 1.54) is 6.20 Å². The minimum atomic E-state index is -0.588. The number of nitrogens with zero attached hydrogens (tertiary/aromatic N) is 3. The topological polar surface area (TPSA) is 88.6 Å². The van der Waals surface area contributed by atoms with Crippen molar-refractivity contribution in [2.24, 2.45) is 5.92 Å². The highest BCUT2D eigenvalue weighted by molar-refractivity contribution is 5.69. The first kappa shape index (κ1) is 26.1. The highest BCUT2D eigenvalue weighted by Gasteiger charge is 2.28. The third kappa shape index (κ3) is 7.02. The number of alkyl carbamates (subject to hydrolysis) is 1. The molecular formula is C26H35F2N5O3. The number of anilines is 1. The minimum Gasteiger partial charge on any atom is -0.490 e. The van der Waals surface area contributed by atoms with E-state index in [4.69, 9.17) is 9.47 Å². The minimum absolute atomic E-state index is 0.0261. The van der Waals surface area contributed by atoms with Gasteiger partial charge in [-0.05, 0) is 83.7 Å². The molecule has 0 aliphatic carbocycles. The number of benzene rings is 1. The normalized spacial score (nSPS) is 18.8. The zero-order valence-electron chi connectivity index (χ0n) is 21.2. The second-order valence-corrected chi connectivity index (χ2v) is 10.4. The monoisotopic (exact) mass is 503 g/mol. The van der Waals surface area contributed by atoms with Crippen LogP contribution in [0.3, 0.4) is 0 Å². The number of carbonyl (C=O) groups excluding carboxylic acids is 1. The van der Waals surface area contributed by atoms with Crippen molar-refractivity contribution in [1.82, 2.24) is 20.6 Å². The van der Waals surface area contributed by atoms with Crippen LogP contribution in [0.5, 0.6) is 5.75 Å². The number of hydrogen-bond acceptors (Lipinski definition) is 7. The zero-order valence-corrected chi connectivity index (χ0v) is 21.2. The quantitative estimate of drug-likeness (QED) is 0.583. The summed E-state index contributed by atoms with van der Waals surface area (Å²) in [5.41, 5.74) is -0.344. The maximum absolute atomic E-state index is 14.7. The van der Waals surface area contributed by atoms with E-state index in [2.05, 4.69) is 20.6 Å². The molecule has 1 aromatic carbocycles. The van der Waals surface area contributed by atoms with Crippen molar-refractivity contribution < 1.29 is 23.0 Å². The van der Waals surface area contributed by atoms with Gasteiger partial charge in [0.2, 0.25) is 5.95 Å². The fourth-order valence-corrected chi connectivity index (χ4v) is 4.53. The van der Waals surface area contributed by atoms with Gasteiger partial charge in [0.15, 0.2) is 5.75 Å². The second-order valence-electron chi connectivity index (χ2n) is 10.4.